The third-order valence-electron chi connectivity index (χ3n) is 3.29. The highest BCUT2D eigenvalue weighted by atomic mass is 14.6. The van der Waals surface area contributed by atoms with E-state index in [1.165, 1.54) is 0 Å². The maximum absolute atomic E-state index is 5.90. The number of pyridine rings is 2. The van der Waals surface area contributed by atoms with E-state index in [4.69, 9.17) is 5.73 Å². The first-order valence-electron chi connectivity index (χ1n) is 6.52. The summed E-state index contributed by atoms with van der Waals surface area (Å²) in [7, 11) is 0. The van der Waals surface area contributed by atoms with Gasteiger partial charge in [-0.25, -0.2) is 0 Å². The van der Waals surface area contributed by atoms with Crippen molar-refractivity contribution in [3.8, 4) is 22.3 Å². The van der Waals surface area contributed by atoms with Gasteiger partial charge in [0.25, 0.3) is 0 Å². The van der Waals surface area contributed by atoms with Gasteiger partial charge in [-0.05, 0) is 40.5 Å². The molecule has 0 aliphatic carbocycles. The van der Waals surface area contributed by atoms with E-state index in [-0.39, 0.29) is 0 Å². The average molecular weight is 261 g/mol. The van der Waals surface area contributed by atoms with Gasteiger partial charge in [0.15, 0.2) is 0 Å². The second-order valence-electron chi connectivity index (χ2n) is 4.56. The van der Waals surface area contributed by atoms with Crippen LogP contribution >= 0.6 is 0 Å². The number of nitrogens with two attached hydrogens (primary N) is 1. The van der Waals surface area contributed by atoms with Crippen molar-refractivity contribution < 1.29 is 0 Å². The molecule has 3 heteroatoms. The Hall–Kier alpha value is -2.52. The molecule has 0 unspecified atom stereocenters. The fourth-order valence-corrected chi connectivity index (χ4v) is 2.28. The lowest BCUT2D eigenvalue weighted by Crippen LogP contribution is -1.99. The SMILES string of the molecule is NCc1cc(-c2cccnc2)ccc1-c1cccnc1. The van der Waals surface area contributed by atoms with Crippen LogP contribution in [0.3, 0.4) is 0 Å². The standard InChI is InChI=1S/C17H15N3/c18-10-16-9-13(14-3-1-7-19-11-14)5-6-17(16)15-4-2-8-20-12-15/h1-9,11-12H,10,18H2. The zero-order chi connectivity index (χ0) is 13.8. The highest BCUT2D eigenvalue weighted by molar-refractivity contribution is 5.73. The first-order valence-corrected chi connectivity index (χ1v) is 6.52. The molecule has 0 bridgehead atoms. The molecule has 0 saturated carbocycles. The quantitative estimate of drug-likeness (QED) is 0.787. The van der Waals surface area contributed by atoms with Crippen molar-refractivity contribution in [1.29, 1.82) is 0 Å². The Labute approximate surface area is 118 Å². The Balaban J connectivity index is 2.07. The molecule has 98 valence electrons. The lowest BCUT2D eigenvalue weighted by molar-refractivity contribution is 1.07. The van der Waals surface area contributed by atoms with E-state index < -0.39 is 0 Å². The number of hydrogen-bond acceptors (Lipinski definition) is 3. The number of rotatable bonds is 3. The molecular weight excluding hydrogens is 246 g/mol. The van der Waals surface area contributed by atoms with E-state index in [0.29, 0.717) is 6.54 Å². The Bertz CT molecular complexity index is 694. The summed E-state index contributed by atoms with van der Waals surface area (Å²) >= 11 is 0. The van der Waals surface area contributed by atoms with Crippen LogP contribution in [0, 0.1) is 0 Å². The molecule has 0 aliphatic heterocycles. The third-order valence-corrected chi connectivity index (χ3v) is 3.29. The minimum Gasteiger partial charge on any atom is -0.326 e. The van der Waals surface area contributed by atoms with Crippen LogP contribution in [0.5, 0.6) is 0 Å². The highest BCUT2D eigenvalue weighted by Crippen LogP contribution is 2.28. The van der Waals surface area contributed by atoms with Gasteiger partial charge >= 0.3 is 0 Å². The van der Waals surface area contributed by atoms with E-state index in [1.54, 1.807) is 12.4 Å². The minimum atomic E-state index is 0.498. The van der Waals surface area contributed by atoms with Crippen LogP contribution in [0.2, 0.25) is 0 Å². The lowest BCUT2D eigenvalue weighted by atomic mass is 9.96. The molecule has 20 heavy (non-hydrogen) atoms. The van der Waals surface area contributed by atoms with E-state index in [9.17, 15) is 0 Å². The molecule has 2 N–H and O–H groups in total. The first kappa shape index (κ1) is 12.5. The molecule has 0 fully saturated rings. The summed E-state index contributed by atoms with van der Waals surface area (Å²) in [5.74, 6) is 0. The third kappa shape index (κ3) is 2.44. The molecule has 2 heterocycles. The molecule has 1 aromatic carbocycles. The Morgan fingerprint density at radius 2 is 1.50 bits per heavy atom. The van der Waals surface area contributed by atoms with Crippen LogP contribution in [0.15, 0.2) is 67.3 Å². The zero-order valence-corrected chi connectivity index (χ0v) is 11.0. The monoisotopic (exact) mass is 261 g/mol. The summed E-state index contributed by atoms with van der Waals surface area (Å²) in [4.78, 5) is 8.32. The predicted octanol–water partition coefficient (Wildman–Crippen LogP) is 3.27. The molecule has 0 amide bonds. The Morgan fingerprint density at radius 3 is 2.10 bits per heavy atom. The second kappa shape index (κ2) is 5.63. The fourth-order valence-electron chi connectivity index (χ4n) is 2.28. The minimum absolute atomic E-state index is 0.498. The normalized spacial score (nSPS) is 10.4. The van der Waals surface area contributed by atoms with Gasteiger partial charge < -0.3 is 5.73 Å². The van der Waals surface area contributed by atoms with Crippen LogP contribution in [0.25, 0.3) is 22.3 Å². The molecule has 0 spiro atoms. The lowest BCUT2D eigenvalue weighted by Gasteiger charge is -2.10. The van der Waals surface area contributed by atoms with Crippen molar-refractivity contribution in [2.45, 2.75) is 6.54 Å². The maximum Gasteiger partial charge on any atom is 0.0346 e. The van der Waals surface area contributed by atoms with Crippen LogP contribution in [0.4, 0.5) is 0 Å². The second-order valence-corrected chi connectivity index (χ2v) is 4.56. The number of nitrogens with zero attached hydrogens (tertiary/aromatic N) is 2. The van der Waals surface area contributed by atoms with Gasteiger partial charge in [-0.1, -0.05) is 24.3 Å². The van der Waals surface area contributed by atoms with Crippen molar-refractivity contribution in [2.24, 2.45) is 5.73 Å². The molecule has 0 atom stereocenters. The Kier molecular flexibility index (Phi) is 3.52. The van der Waals surface area contributed by atoms with Crippen molar-refractivity contribution in [2.75, 3.05) is 0 Å². The van der Waals surface area contributed by atoms with Gasteiger partial charge in [0.2, 0.25) is 0 Å². The summed E-state index contributed by atoms with van der Waals surface area (Å²) in [6, 6.07) is 14.3. The van der Waals surface area contributed by atoms with E-state index in [0.717, 1.165) is 27.8 Å². The molecule has 3 nitrogen and oxygen atoms in total. The van der Waals surface area contributed by atoms with E-state index in [1.807, 2.05) is 36.7 Å². The Morgan fingerprint density at radius 1 is 0.800 bits per heavy atom. The molecule has 3 aromatic rings. The van der Waals surface area contributed by atoms with Gasteiger partial charge in [0.1, 0.15) is 0 Å². The van der Waals surface area contributed by atoms with Gasteiger partial charge in [-0.3, -0.25) is 9.97 Å². The number of aromatic nitrogens is 2. The van der Waals surface area contributed by atoms with Crippen LogP contribution in [-0.4, -0.2) is 9.97 Å². The summed E-state index contributed by atoms with van der Waals surface area (Å²) in [6.45, 7) is 0.498. The first-order chi connectivity index (χ1) is 9.88. The summed E-state index contributed by atoms with van der Waals surface area (Å²) < 4.78 is 0. The summed E-state index contributed by atoms with van der Waals surface area (Å²) in [6.07, 6.45) is 7.27. The van der Waals surface area contributed by atoms with Crippen LogP contribution < -0.4 is 5.73 Å². The van der Waals surface area contributed by atoms with Gasteiger partial charge in [-0.2, -0.15) is 0 Å². The smallest absolute Gasteiger partial charge is 0.0346 e. The molecule has 0 aliphatic rings. The van der Waals surface area contributed by atoms with E-state index >= 15 is 0 Å². The van der Waals surface area contributed by atoms with Crippen molar-refractivity contribution >= 4 is 0 Å². The molecule has 0 saturated heterocycles. The average Bonchev–Trinajstić information content (AvgIpc) is 2.56. The maximum atomic E-state index is 5.90. The van der Waals surface area contributed by atoms with Crippen LogP contribution in [-0.2, 0) is 6.54 Å². The molecule has 0 radical (unpaired) electrons. The van der Waals surface area contributed by atoms with Gasteiger partial charge in [0, 0.05) is 36.9 Å². The van der Waals surface area contributed by atoms with Crippen LogP contribution in [0.1, 0.15) is 5.56 Å². The number of benzene rings is 1. The summed E-state index contributed by atoms with van der Waals surface area (Å²) in [5, 5.41) is 0. The highest BCUT2D eigenvalue weighted by Gasteiger charge is 2.06. The molecular formula is C17H15N3. The molecule has 2 aromatic heterocycles. The van der Waals surface area contributed by atoms with Crippen molar-refractivity contribution in [3.63, 3.8) is 0 Å². The number of hydrogen-bond donors (Lipinski definition) is 1. The topological polar surface area (TPSA) is 51.8 Å². The van der Waals surface area contributed by atoms with Crippen molar-refractivity contribution in [1.82, 2.24) is 9.97 Å². The summed E-state index contributed by atoms with van der Waals surface area (Å²) in [5.41, 5.74) is 11.5. The van der Waals surface area contributed by atoms with Crippen molar-refractivity contribution in [3.05, 3.63) is 72.8 Å². The van der Waals surface area contributed by atoms with E-state index in [2.05, 4.69) is 28.2 Å². The van der Waals surface area contributed by atoms with Gasteiger partial charge in [-0.15, -0.1) is 0 Å². The largest absolute Gasteiger partial charge is 0.326 e. The predicted molar refractivity (Wildman–Crippen MR) is 80.8 cm³/mol. The fraction of sp³-hybridized carbons (Fsp3) is 0.0588. The van der Waals surface area contributed by atoms with Gasteiger partial charge in [0.05, 0.1) is 0 Å². The zero-order valence-electron chi connectivity index (χ0n) is 11.0. The molecule has 3 rings (SSSR count).